The first-order chi connectivity index (χ1) is 7.40. The second-order valence-corrected chi connectivity index (χ2v) is 3.64. The van der Waals surface area contributed by atoms with Gasteiger partial charge in [0.2, 0.25) is 0 Å². The van der Waals surface area contributed by atoms with Crippen molar-refractivity contribution in [3.8, 4) is 5.75 Å². The van der Waals surface area contributed by atoms with E-state index in [4.69, 9.17) is 4.74 Å². The summed E-state index contributed by atoms with van der Waals surface area (Å²) in [5.74, 6) is 1.12. The van der Waals surface area contributed by atoms with E-state index in [2.05, 4.69) is 25.1 Å². The van der Waals surface area contributed by atoms with E-state index in [0.717, 1.165) is 18.8 Å². The standard InChI is InChI=1S/C12H16O.C2H6/c1-2-4-10-6-7-11-5-3-8-13-12(11)9-10;1-2/h6-7,9H,2-5,8H2,1H3;1-2H3. The molecule has 0 bridgehead atoms. The van der Waals surface area contributed by atoms with Gasteiger partial charge in [-0.25, -0.2) is 0 Å². The molecule has 0 saturated heterocycles. The molecule has 1 aromatic rings. The van der Waals surface area contributed by atoms with Gasteiger partial charge in [0, 0.05) is 0 Å². The first-order valence-corrected chi connectivity index (χ1v) is 6.15. The fourth-order valence-corrected chi connectivity index (χ4v) is 1.83. The van der Waals surface area contributed by atoms with E-state index in [1.54, 1.807) is 0 Å². The average Bonchev–Trinajstić information content (AvgIpc) is 2.32. The fraction of sp³-hybridized carbons (Fsp3) is 0.571. The number of hydrogen-bond donors (Lipinski definition) is 0. The molecule has 0 radical (unpaired) electrons. The minimum Gasteiger partial charge on any atom is -0.493 e. The van der Waals surface area contributed by atoms with Crippen molar-refractivity contribution >= 4 is 0 Å². The van der Waals surface area contributed by atoms with Crippen LogP contribution in [-0.4, -0.2) is 6.61 Å². The lowest BCUT2D eigenvalue weighted by Crippen LogP contribution is -2.08. The smallest absolute Gasteiger partial charge is 0.122 e. The third-order valence-corrected chi connectivity index (χ3v) is 2.52. The molecule has 1 nitrogen and oxygen atoms in total. The zero-order valence-corrected chi connectivity index (χ0v) is 10.2. The summed E-state index contributed by atoms with van der Waals surface area (Å²) in [5, 5.41) is 0. The summed E-state index contributed by atoms with van der Waals surface area (Å²) in [4.78, 5) is 0. The molecular weight excluding hydrogens is 184 g/mol. The zero-order valence-electron chi connectivity index (χ0n) is 10.2. The first kappa shape index (κ1) is 12.1. The van der Waals surface area contributed by atoms with Gasteiger partial charge in [-0.1, -0.05) is 39.3 Å². The average molecular weight is 206 g/mol. The van der Waals surface area contributed by atoms with Gasteiger partial charge in [0.05, 0.1) is 6.61 Å². The summed E-state index contributed by atoms with van der Waals surface area (Å²) in [6.45, 7) is 7.10. The molecule has 1 aromatic carbocycles. The lowest BCUT2D eigenvalue weighted by molar-refractivity contribution is 0.288. The molecule has 0 fully saturated rings. The van der Waals surface area contributed by atoms with Crippen LogP contribution in [0.25, 0.3) is 0 Å². The summed E-state index contributed by atoms with van der Waals surface area (Å²) < 4.78 is 5.61. The van der Waals surface area contributed by atoms with Gasteiger partial charge in [-0.2, -0.15) is 0 Å². The van der Waals surface area contributed by atoms with Crippen LogP contribution in [0.15, 0.2) is 18.2 Å². The third kappa shape index (κ3) is 3.26. The van der Waals surface area contributed by atoms with Crippen molar-refractivity contribution in [1.82, 2.24) is 0 Å². The van der Waals surface area contributed by atoms with Gasteiger partial charge in [0.15, 0.2) is 0 Å². The number of hydrogen-bond acceptors (Lipinski definition) is 1. The molecule has 1 aliphatic heterocycles. The van der Waals surface area contributed by atoms with Crippen LogP contribution in [0.1, 0.15) is 44.7 Å². The minimum atomic E-state index is 0.891. The Balaban J connectivity index is 0.000000531. The van der Waals surface area contributed by atoms with Gasteiger partial charge in [-0.15, -0.1) is 0 Å². The predicted octanol–water partition coefficient (Wildman–Crippen LogP) is 3.99. The molecule has 1 heteroatoms. The highest BCUT2D eigenvalue weighted by Crippen LogP contribution is 2.26. The topological polar surface area (TPSA) is 9.23 Å². The van der Waals surface area contributed by atoms with E-state index >= 15 is 0 Å². The number of rotatable bonds is 2. The zero-order chi connectivity index (χ0) is 11.1. The van der Waals surface area contributed by atoms with Crippen molar-refractivity contribution in [2.45, 2.75) is 46.5 Å². The number of fused-ring (bicyclic) bond motifs is 1. The largest absolute Gasteiger partial charge is 0.493 e. The molecule has 0 aromatic heterocycles. The van der Waals surface area contributed by atoms with E-state index in [1.807, 2.05) is 13.8 Å². The second-order valence-electron chi connectivity index (χ2n) is 3.64. The summed E-state index contributed by atoms with van der Waals surface area (Å²) >= 11 is 0. The fourth-order valence-electron chi connectivity index (χ4n) is 1.83. The molecule has 0 atom stereocenters. The van der Waals surface area contributed by atoms with Gasteiger partial charge >= 0.3 is 0 Å². The van der Waals surface area contributed by atoms with Gasteiger partial charge in [-0.05, 0) is 36.5 Å². The lowest BCUT2D eigenvalue weighted by atomic mass is 10.0. The third-order valence-electron chi connectivity index (χ3n) is 2.52. The highest BCUT2D eigenvalue weighted by Gasteiger charge is 2.09. The molecular formula is C14H22O. The maximum atomic E-state index is 5.61. The molecule has 0 aliphatic carbocycles. The Bertz CT molecular complexity index is 291. The van der Waals surface area contributed by atoms with Crippen LogP contribution < -0.4 is 4.74 Å². The van der Waals surface area contributed by atoms with Crippen molar-refractivity contribution in [2.24, 2.45) is 0 Å². The van der Waals surface area contributed by atoms with Crippen molar-refractivity contribution < 1.29 is 4.74 Å². The summed E-state index contributed by atoms with van der Waals surface area (Å²) in [5.41, 5.74) is 2.79. The maximum absolute atomic E-state index is 5.61. The van der Waals surface area contributed by atoms with Crippen LogP contribution in [-0.2, 0) is 12.8 Å². The molecule has 84 valence electrons. The van der Waals surface area contributed by atoms with E-state index < -0.39 is 0 Å². The Morgan fingerprint density at radius 3 is 2.80 bits per heavy atom. The minimum absolute atomic E-state index is 0.891. The van der Waals surface area contributed by atoms with Crippen LogP contribution in [0.2, 0.25) is 0 Å². The lowest BCUT2D eigenvalue weighted by Gasteiger charge is -2.17. The number of benzene rings is 1. The second kappa shape index (κ2) is 6.49. The van der Waals surface area contributed by atoms with E-state index in [9.17, 15) is 0 Å². The molecule has 0 spiro atoms. The molecule has 15 heavy (non-hydrogen) atoms. The first-order valence-electron chi connectivity index (χ1n) is 6.15. The van der Waals surface area contributed by atoms with E-state index in [-0.39, 0.29) is 0 Å². The highest BCUT2D eigenvalue weighted by atomic mass is 16.5. The highest BCUT2D eigenvalue weighted by molar-refractivity contribution is 5.38. The van der Waals surface area contributed by atoms with Crippen molar-refractivity contribution in [3.63, 3.8) is 0 Å². The molecule has 1 aliphatic rings. The molecule has 0 unspecified atom stereocenters. The van der Waals surface area contributed by atoms with Crippen molar-refractivity contribution in [2.75, 3.05) is 6.61 Å². The predicted molar refractivity (Wildman–Crippen MR) is 65.6 cm³/mol. The molecule has 0 saturated carbocycles. The number of aryl methyl sites for hydroxylation is 2. The summed E-state index contributed by atoms with van der Waals surface area (Å²) in [6, 6.07) is 6.66. The Morgan fingerprint density at radius 1 is 1.27 bits per heavy atom. The molecule has 0 amide bonds. The molecule has 1 heterocycles. The van der Waals surface area contributed by atoms with Crippen molar-refractivity contribution in [1.29, 1.82) is 0 Å². The van der Waals surface area contributed by atoms with Crippen molar-refractivity contribution in [3.05, 3.63) is 29.3 Å². The normalized spacial score (nSPS) is 13.3. The van der Waals surface area contributed by atoms with Crippen LogP contribution in [0.3, 0.4) is 0 Å². The van der Waals surface area contributed by atoms with Crippen LogP contribution in [0.4, 0.5) is 0 Å². The quantitative estimate of drug-likeness (QED) is 0.711. The van der Waals surface area contributed by atoms with Crippen LogP contribution in [0, 0.1) is 0 Å². The Morgan fingerprint density at radius 2 is 2.07 bits per heavy atom. The monoisotopic (exact) mass is 206 g/mol. The van der Waals surface area contributed by atoms with Crippen LogP contribution >= 0.6 is 0 Å². The van der Waals surface area contributed by atoms with Gasteiger partial charge < -0.3 is 4.74 Å². The Hall–Kier alpha value is -0.980. The summed E-state index contributed by atoms with van der Waals surface area (Å²) in [7, 11) is 0. The molecule has 2 rings (SSSR count). The van der Waals surface area contributed by atoms with Gasteiger partial charge in [-0.3, -0.25) is 0 Å². The Kier molecular flexibility index (Phi) is 5.23. The molecule has 0 N–H and O–H groups in total. The van der Waals surface area contributed by atoms with E-state index in [0.29, 0.717) is 0 Å². The Labute approximate surface area is 93.5 Å². The van der Waals surface area contributed by atoms with Crippen LogP contribution in [0.5, 0.6) is 5.75 Å². The van der Waals surface area contributed by atoms with E-state index in [1.165, 1.54) is 30.4 Å². The van der Waals surface area contributed by atoms with Gasteiger partial charge in [0.1, 0.15) is 5.75 Å². The maximum Gasteiger partial charge on any atom is 0.122 e. The number of ether oxygens (including phenoxy) is 1. The van der Waals surface area contributed by atoms with Gasteiger partial charge in [0.25, 0.3) is 0 Å². The SMILES string of the molecule is CC.CCCc1ccc2c(c1)OCCC2. The summed E-state index contributed by atoms with van der Waals surface area (Å²) in [6.07, 6.45) is 4.72.